The molecule has 0 aliphatic rings. The van der Waals surface area contributed by atoms with Gasteiger partial charge in [-0.2, -0.15) is 0 Å². The average molecular weight is 408 g/mol. The van der Waals surface area contributed by atoms with Gasteiger partial charge in [0.1, 0.15) is 6.04 Å². The Morgan fingerprint density at radius 2 is 1.69 bits per heavy atom. The number of nitrogens with two attached hydrogens (primary N) is 1. The summed E-state index contributed by atoms with van der Waals surface area (Å²) in [6.07, 6.45) is 2.13. The van der Waals surface area contributed by atoms with Crippen LogP contribution < -0.4 is 16.4 Å². The first kappa shape index (κ1) is 20.8. The van der Waals surface area contributed by atoms with Gasteiger partial charge in [0.25, 0.3) is 0 Å². The smallest absolute Gasteiger partial charge is 0.318 e. The predicted octanol–water partition coefficient (Wildman–Crippen LogP) is 4.32. The number of carbonyl (C=O) groups is 2. The van der Waals surface area contributed by atoms with Crippen LogP contribution in [0, 0.1) is 0 Å². The summed E-state index contributed by atoms with van der Waals surface area (Å²) in [7, 11) is 0. The van der Waals surface area contributed by atoms with E-state index >= 15 is 0 Å². The zero-order chi connectivity index (χ0) is 20.6. The van der Waals surface area contributed by atoms with Crippen LogP contribution in [0.3, 0.4) is 0 Å². The summed E-state index contributed by atoms with van der Waals surface area (Å²) in [4.78, 5) is 25.1. The van der Waals surface area contributed by atoms with Crippen molar-refractivity contribution >= 4 is 23.3 Å². The van der Waals surface area contributed by atoms with Gasteiger partial charge in [0.15, 0.2) is 0 Å². The van der Waals surface area contributed by atoms with E-state index < -0.39 is 18.0 Å². The monoisotopic (exact) mass is 407 g/mol. The van der Waals surface area contributed by atoms with E-state index in [9.17, 15) is 9.59 Å². The first-order valence-electron chi connectivity index (χ1n) is 9.62. The van der Waals surface area contributed by atoms with Gasteiger partial charge in [0.2, 0.25) is 5.91 Å². The summed E-state index contributed by atoms with van der Waals surface area (Å²) in [5, 5.41) is 7.66. The van der Waals surface area contributed by atoms with Crippen LogP contribution in [-0.2, 0) is 11.2 Å². The van der Waals surface area contributed by atoms with Crippen molar-refractivity contribution in [2.75, 3.05) is 0 Å². The zero-order valence-corrected chi connectivity index (χ0v) is 17.1. The molecule has 0 saturated heterocycles. The van der Waals surface area contributed by atoms with E-state index in [-0.39, 0.29) is 6.04 Å². The lowest BCUT2D eigenvalue weighted by Gasteiger charge is -2.25. The molecule has 0 unspecified atom stereocenters. The van der Waals surface area contributed by atoms with Crippen molar-refractivity contribution in [3.05, 3.63) is 93.7 Å². The van der Waals surface area contributed by atoms with Gasteiger partial charge in [-0.1, -0.05) is 74.0 Å². The molecule has 3 aromatic rings. The maximum Gasteiger partial charge on any atom is 0.318 e. The van der Waals surface area contributed by atoms with Gasteiger partial charge >= 0.3 is 6.03 Å². The summed E-state index contributed by atoms with van der Waals surface area (Å²) >= 11 is 1.62. The minimum atomic E-state index is -0.866. The first-order valence-corrected chi connectivity index (χ1v) is 10.5. The Bertz CT molecular complexity index is 925. The van der Waals surface area contributed by atoms with Gasteiger partial charge in [0.05, 0.1) is 6.04 Å². The largest absolute Gasteiger partial charge is 0.351 e. The number of thiophene rings is 1. The van der Waals surface area contributed by atoms with Gasteiger partial charge in [-0.05, 0) is 34.6 Å². The highest BCUT2D eigenvalue weighted by Crippen LogP contribution is 2.29. The number of rotatable bonds is 8. The molecule has 0 radical (unpaired) electrons. The summed E-state index contributed by atoms with van der Waals surface area (Å²) in [5.41, 5.74) is 8.29. The molecule has 2 atom stereocenters. The fourth-order valence-electron chi connectivity index (χ4n) is 3.29. The van der Waals surface area contributed by atoms with Crippen LogP contribution in [0.5, 0.6) is 0 Å². The highest BCUT2D eigenvalue weighted by Gasteiger charge is 2.27. The third-order valence-corrected chi connectivity index (χ3v) is 5.59. The summed E-state index contributed by atoms with van der Waals surface area (Å²) in [5.74, 6) is -0.479. The topological polar surface area (TPSA) is 84.2 Å². The quantitative estimate of drug-likeness (QED) is 0.520. The van der Waals surface area contributed by atoms with Crippen LogP contribution in [0.15, 0.2) is 72.1 Å². The molecule has 0 aliphatic carbocycles. The van der Waals surface area contributed by atoms with Crippen molar-refractivity contribution in [1.29, 1.82) is 0 Å². The average Bonchev–Trinajstić information content (AvgIpc) is 3.24. The van der Waals surface area contributed by atoms with E-state index in [0.717, 1.165) is 28.8 Å². The third-order valence-electron chi connectivity index (χ3n) is 4.65. The standard InChI is InChI=1S/C23H25N3O2S/c1-2-7-16-11-13-18(14-12-16)20(19-10-6-15-29-19)25-21(22(27)26-23(24)28)17-8-4-3-5-9-17/h3-6,8-15,20-21,25H,2,7H2,1H3,(H3,24,26,27,28)/t20-,21+/m1/s1. The molecule has 0 aliphatic heterocycles. The molecule has 3 rings (SSSR count). The van der Waals surface area contributed by atoms with E-state index in [0.29, 0.717) is 0 Å². The molecule has 2 aromatic carbocycles. The Morgan fingerprint density at radius 3 is 2.28 bits per heavy atom. The number of urea groups is 1. The highest BCUT2D eigenvalue weighted by molar-refractivity contribution is 7.10. The van der Waals surface area contributed by atoms with Crippen LogP contribution in [-0.4, -0.2) is 11.9 Å². The van der Waals surface area contributed by atoms with E-state index in [2.05, 4.69) is 41.8 Å². The molecular weight excluding hydrogens is 382 g/mol. The van der Waals surface area contributed by atoms with Crippen molar-refractivity contribution in [3.63, 3.8) is 0 Å². The minimum absolute atomic E-state index is 0.200. The molecule has 0 fully saturated rings. The molecule has 1 aromatic heterocycles. The highest BCUT2D eigenvalue weighted by atomic mass is 32.1. The molecule has 0 spiro atoms. The summed E-state index contributed by atoms with van der Waals surface area (Å²) in [6.45, 7) is 2.16. The molecule has 3 amide bonds. The number of hydrogen-bond donors (Lipinski definition) is 3. The summed E-state index contributed by atoms with van der Waals surface area (Å²) < 4.78 is 0. The number of aryl methyl sites for hydroxylation is 1. The Kier molecular flexibility index (Phi) is 7.16. The van der Waals surface area contributed by atoms with Crippen LogP contribution in [0.25, 0.3) is 0 Å². The number of primary amides is 1. The normalized spacial score (nSPS) is 12.9. The second-order valence-electron chi connectivity index (χ2n) is 6.80. The molecule has 0 saturated carbocycles. The fraction of sp³-hybridized carbons (Fsp3) is 0.217. The maximum atomic E-state index is 12.8. The molecule has 150 valence electrons. The fourth-order valence-corrected chi connectivity index (χ4v) is 4.10. The third kappa shape index (κ3) is 5.53. The molecular formula is C23H25N3O2S. The van der Waals surface area contributed by atoms with Gasteiger partial charge in [-0.3, -0.25) is 15.4 Å². The number of nitrogens with one attached hydrogen (secondary N) is 2. The Morgan fingerprint density at radius 1 is 0.966 bits per heavy atom. The second-order valence-corrected chi connectivity index (χ2v) is 7.78. The van der Waals surface area contributed by atoms with Crippen LogP contribution in [0.4, 0.5) is 4.79 Å². The number of benzene rings is 2. The lowest BCUT2D eigenvalue weighted by atomic mass is 9.99. The number of carbonyl (C=O) groups excluding carboxylic acids is 2. The van der Waals surface area contributed by atoms with Gasteiger partial charge in [0, 0.05) is 4.88 Å². The van der Waals surface area contributed by atoms with Crippen LogP contribution in [0.2, 0.25) is 0 Å². The Labute approximate surface area is 175 Å². The molecule has 4 N–H and O–H groups in total. The number of amides is 3. The summed E-state index contributed by atoms with van der Waals surface area (Å²) in [6, 6.07) is 20.0. The van der Waals surface area contributed by atoms with Crippen molar-refractivity contribution < 1.29 is 9.59 Å². The molecule has 1 heterocycles. The van der Waals surface area contributed by atoms with Gasteiger partial charge in [-0.15, -0.1) is 11.3 Å². The second kappa shape index (κ2) is 10.0. The van der Waals surface area contributed by atoms with Crippen molar-refractivity contribution in [2.24, 2.45) is 5.73 Å². The van der Waals surface area contributed by atoms with Gasteiger partial charge < -0.3 is 5.73 Å². The zero-order valence-electron chi connectivity index (χ0n) is 16.3. The SMILES string of the molecule is CCCc1ccc([C@@H](N[C@H](C(=O)NC(N)=O)c2ccccc2)c2cccs2)cc1. The lowest BCUT2D eigenvalue weighted by Crippen LogP contribution is -2.44. The number of imide groups is 1. The molecule has 0 bridgehead atoms. The van der Waals surface area contributed by atoms with Gasteiger partial charge in [-0.25, -0.2) is 4.79 Å². The first-order chi connectivity index (χ1) is 14.1. The number of hydrogen-bond acceptors (Lipinski definition) is 4. The van der Waals surface area contributed by atoms with Crippen molar-refractivity contribution in [2.45, 2.75) is 31.8 Å². The van der Waals surface area contributed by atoms with E-state index in [1.54, 1.807) is 11.3 Å². The molecule has 29 heavy (non-hydrogen) atoms. The minimum Gasteiger partial charge on any atom is -0.351 e. The Hall–Kier alpha value is -2.96. The maximum absolute atomic E-state index is 12.8. The predicted molar refractivity (Wildman–Crippen MR) is 117 cm³/mol. The Balaban J connectivity index is 1.95. The molecule has 6 heteroatoms. The van der Waals surface area contributed by atoms with Crippen LogP contribution >= 0.6 is 11.3 Å². The lowest BCUT2D eigenvalue weighted by molar-refractivity contribution is -0.122. The van der Waals surface area contributed by atoms with E-state index in [1.807, 2.05) is 47.8 Å². The van der Waals surface area contributed by atoms with Crippen LogP contribution in [0.1, 0.15) is 47.0 Å². The van der Waals surface area contributed by atoms with E-state index in [1.165, 1.54) is 5.56 Å². The van der Waals surface area contributed by atoms with Crippen molar-refractivity contribution in [3.8, 4) is 0 Å². The molecule has 5 nitrogen and oxygen atoms in total. The van der Waals surface area contributed by atoms with E-state index in [4.69, 9.17) is 5.73 Å². The van der Waals surface area contributed by atoms with Crippen molar-refractivity contribution in [1.82, 2.24) is 10.6 Å².